The highest BCUT2D eigenvalue weighted by Crippen LogP contribution is 2.24. The highest BCUT2D eigenvalue weighted by Gasteiger charge is 2.28. The molecule has 12 nitrogen and oxygen atoms in total. The first-order valence-corrected chi connectivity index (χ1v) is 14.7. The second kappa shape index (κ2) is 11.8. The number of carbonyl (C=O) groups is 2. The average Bonchev–Trinajstić information content (AvgIpc) is 2.75. The van der Waals surface area contributed by atoms with Crippen molar-refractivity contribution < 1.29 is 36.6 Å². The topological polar surface area (TPSA) is 219 Å². The molecule has 16 heteroatoms. The van der Waals surface area contributed by atoms with Crippen LogP contribution in [0.3, 0.4) is 0 Å². The number of nitrogens with two attached hydrogens (primary N) is 2. The molecule has 0 saturated heterocycles. The van der Waals surface area contributed by atoms with Crippen molar-refractivity contribution in [3.63, 3.8) is 0 Å². The number of nitrogens with one attached hydrogen (secondary N) is 2. The van der Waals surface area contributed by atoms with Crippen molar-refractivity contribution in [2.45, 2.75) is 21.9 Å². The van der Waals surface area contributed by atoms with Crippen LogP contribution in [0, 0.1) is 0 Å². The molecular formula is C18H22N4O8S4. The molecule has 0 amide bonds. The molecule has 0 heterocycles. The summed E-state index contributed by atoms with van der Waals surface area (Å²) >= 11 is 0. The fourth-order valence-electron chi connectivity index (χ4n) is 2.35. The number of sulfonamides is 2. The summed E-state index contributed by atoms with van der Waals surface area (Å²) in [7, 11) is -6.56. The van der Waals surface area contributed by atoms with Gasteiger partial charge in [0.2, 0.25) is 20.0 Å². The quantitative estimate of drug-likeness (QED) is 0.113. The van der Waals surface area contributed by atoms with E-state index >= 15 is 0 Å². The highest BCUT2D eigenvalue weighted by atomic mass is 33.1. The van der Waals surface area contributed by atoms with E-state index in [2.05, 4.69) is 9.44 Å². The van der Waals surface area contributed by atoms with Crippen molar-refractivity contribution in [1.82, 2.24) is 9.44 Å². The monoisotopic (exact) mass is 550 g/mol. The van der Waals surface area contributed by atoms with Crippen molar-refractivity contribution >= 4 is 64.9 Å². The zero-order chi connectivity index (χ0) is 25.5. The van der Waals surface area contributed by atoms with Gasteiger partial charge in [0, 0.05) is 22.9 Å². The second-order valence-electron chi connectivity index (χ2n) is 6.73. The van der Waals surface area contributed by atoms with E-state index in [-0.39, 0.29) is 21.3 Å². The standard InChI is InChI=1S/C18H22N4O8S4/c19-11-1-5-13(6-2-11)33(27,28)21-15(17(23)24)9-31-32-10-16(18(25)26)22-34(29,30)14-7-3-12(20)4-8-14/h1-8,15-16,21-22H,9-10,19-20H2,(H,23,24)(H,25,26)/t15-,16-/m1/s1. The zero-order valence-corrected chi connectivity index (χ0v) is 20.6. The molecule has 2 aromatic carbocycles. The van der Waals surface area contributed by atoms with Gasteiger partial charge in [0.05, 0.1) is 9.79 Å². The predicted molar refractivity (Wildman–Crippen MR) is 130 cm³/mol. The van der Waals surface area contributed by atoms with Crippen molar-refractivity contribution in [1.29, 1.82) is 0 Å². The summed E-state index contributed by atoms with van der Waals surface area (Å²) < 4.78 is 53.8. The molecule has 2 rings (SSSR count). The van der Waals surface area contributed by atoms with Gasteiger partial charge >= 0.3 is 11.9 Å². The maximum Gasteiger partial charge on any atom is 0.322 e. The molecule has 8 N–H and O–H groups in total. The molecule has 2 atom stereocenters. The Morgan fingerprint density at radius 2 is 1.00 bits per heavy atom. The third-order valence-corrected chi connectivity index (χ3v) is 9.52. The van der Waals surface area contributed by atoms with Crippen LogP contribution in [0.5, 0.6) is 0 Å². The van der Waals surface area contributed by atoms with Crippen LogP contribution >= 0.6 is 21.6 Å². The molecule has 0 radical (unpaired) electrons. The number of carboxylic acids is 2. The van der Waals surface area contributed by atoms with E-state index in [1.165, 1.54) is 48.5 Å². The molecule has 186 valence electrons. The number of hydrogen-bond donors (Lipinski definition) is 6. The van der Waals surface area contributed by atoms with E-state index in [1.54, 1.807) is 0 Å². The Balaban J connectivity index is 1.96. The highest BCUT2D eigenvalue weighted by molar-refractivity contribution is 8.76. The van der Waals surface area contributed by atoms with Gasteiger partial charge in [0.25, 0.3) is 0 Å². The molecule has 0 aliphatic rings. The van der Waals surface area contributed by atoms with Crippen LogP contribution in [-0.4, -0.2) is 62.6 Å². The van der Waals surface area contributed by atoms with E-state index in [1.807, 2.05) is 0 Å². The first kappa shape index (κ1) is 27.7. The van der Waals surface area contributed by atoms with Gasteiger partial charge in [-0.15, -0.1) is 0 Å². The Bertz CT molecular complexity index is 1120. The first-order chi connectivity index (χ1) is 15.8. The van der Waals surface area contributed by atoms with Gasteiger partial charge in [-0.3, -0.25) is 9.59 Å². The largest absolute Gasteiger partial charge is 0.480 e. The summed E-state index contributed by atoms with van der Waals surface area (Å²) in [4.78, 5) is 22.7. The first-order valence-electron chi connectivity index (χ1n) is 9.27. The van der Waals surface area contributed by atoms with Gasteiger partial charge < -0.3 is 21.7 Å². The van der Waals surface area contributed by atoms with E-state index < -0.39 is 44.1 Å². The molecule has 0 bridgehead atoms. The summed E-state index contributed by atoms with van der Waals surface area (Å²) in [5.74, 6) is -3.40. The maximum atomic E-state index is 12.4. The lowest BCUT2D eigenvalue weighted by molar-refractivity contribution is -0.139. The summed E-state index contributed by atoms with van der Waals surface area (Å²) in [6, 6.07) is 7.28. The Morgan fingerprint density at radius 3 is 1.26 bits per heavy atom. The lowest BCUT2D eigenvalue weighted by Gasteiger charge is -2.16. The molecule has 34 heavy (non-hydrogen) atoms. The SMILES string of the molecule is Nc1ccc(S(=O)(=O)N[C@H](CSSC[C@@H](NS(=O)(=O)c2ccc(N)cc2)C(=O)O)C(=O)O)cc1. The molecule has 0 unspecified atom stereocenters. The minimum Gasteiger partial charge on any atom is -0.480 e. The van der Waals surface area contributed by atoms with Crippen LogP contribution in [-0.2, 0) is 29.6 Å². The average molecular weight is 551 g/mol. The van der Waals surface area contributed by atoms with Gasteiger partial charge in [-0.2, -0.15) is 9.44 Å². The van der Waals surface area contributed by atoms with Gasteiger partial charge in [-0.1, -0.05) is 21.6 Å². The smallest absolute Gasteiger partial charge is 0.322 e. The molecule has 0 saturated carbocycles. The molecular weight excluding hydrogens is 528 g/mol. The minimum atomic E-state index is -4.15. The number of anilines is 2. The normalized spacial score (nSPS) is 13.8. The number of hydrogen-bond acceptors (Lipinski definition) is 10. The van der Waals surface area contributed by atoms with Gasteiger partial charge in [0.1, 0.15) is 12.1 Å². The predicted octanol–water partition coefficient (Wildman–Crippen LogP) is 0.396. The van der Waals surface area contributed by atoms with Crippen molar-refractivity contribution in [2.75, 3.05) is 23.0 Å². The van der Waals surface area contributed by atoms with Gasteiger partial charge in [-0.05, 0) is 48.5 Å². The summed E-state index contributed by atoms with van der Waals surface area (Å²) in [6.07, 6.45) is 0. The number of carboxylic acid groups (broad SMARTS) is 2. The van der Waals surface area contributed by atoms with Crippen LogP contribution in [0.25, 0.3) is 0 Å². The third kappa shape index (κ3) is 8.07. The van der Waals surface area contributed by atoms with E-state index in [9.17, 15) is 36.6 Å². The molecule has 0 aromatic heterocycles. The minimum absolute atomic E-state index is 0.173. The van der Waals surface area contributed by atoms with Crippen molar-refractivity contribution in [2.24, 2.45) is 0 Å². The molecule has 0 spiro atoms. The van der Waals surface area contributed by atoms with Crippen molar-refractivity contribution in [3.05, 3.63) is 48.5 Å². The summed E-state index contributed by atoms with van der Waals surface area (Å²) in [6.45, 7) is 0. The van der Waals surface area contributed by atoms with Crippen LogP contribution in [0.1, 0.15) is 0 Å². The lowest BCUT2D eigenvalue weighted by atomic mass is 10.3. The van der Waals surface area contributed by atoms with Crippen LogP contribution in [0.15, 0.2) is 58.3 Å². The Hall–Kier alpha value is -2.50. The molecule has 0 fully saturated rings. The Morgan fingerprint density at radius 1 is 0.706 bits per heavy atom. The van der Waals surface area contributed by atoms with Crippen LogP contribution < -0.4 is 20.9 Å². The molecule has 2 aromatic rings. The van der Waals surface area contributed by atoms with E-state index in [0.29, 0.717) is 11.4 Å². The zero-order valence-electron chi connectivity index (χ0n) is 17.3. The van der Waals surface area contributed by atoms with E-state index in [0.717, 1.165) is 21.6 Å². The van der Waals surface area contributed by atoms with Crippen LogP contribution in [0.2, 0.25) is 0 Å². The maximum absolute atomic E-state index is 12.4. The number of benzene rings is 2. The number of nitrogen functional groups attached to an aromatic ring is 2. The number of rotatable bonds is 13. The molecule has 0 aliphatic heterocycles. The fraction of sp³-hybridized carbons (Fsp3) is 0.222. The molecule has 0 aliphatic carbocycles. The van der Waals surface area contributed by atoms with Crippen molar-refractivity contribution in [3.8, 4) is 0 Å². The lowest BCUT2D eigenvalue weighted by Crippen LogP contribution is -2.43. The summed E-state index contributed by atoms with van der Waals surface area (Å²) in [5, 5.41) is 18.7. The second-order valence-corrected chi connectivity index (χ2v) is 12.7. The Labute approximate surface area is 204 Å². The van der Waals surface area contributed by atoms with Gasteiger partial charge in [0.15, 0.2) is 0 Å². The Kier molecular flexibility index (Phi) is 9.60. The fourth-order valence-corrected chi connectivity index (χ4v) is 7.25. The van der Waals surface area contributed by atoms with Crippen LogP contribution in [0.4, 0.5) is 11.4 Å². The van der Waals surface area contributed by atoms with E-state index in [4.69, 9.17) is 11.5 Å². The third-order valence-electron chi connectivity index (χ3n) is 4.12. The summed E-state index contributed by atoms with van der Waals surface area (Å²) in [5.41, 5.74) is 11.7. The van der Waals surface area contributed by atoms with Gasteiger partial charge in [-0.25, -0.2) is 16.8 Å². The number of aliphatic carboxylic acids is 2.